The lowest BCUT2D eigenvalue weighted by Gasteiger charge is -2.08. The van der Waals surface area contributed by atoms with Crippen molar-refractivity contribution in [1.29, 1.82) is 0 Å². The van der Waals surface area contributed by atoms with E-state index < -0.39 is 20.7 Å². The highest BCUT2D eigenvalue weighted by molar-refractivity contribution is 7.92. The predicted molar refractivity (Wildman–Crippen MR) is 73.2 cm³/mol. The van der Waals surface area contributed by atoms with Crippen molar-refractivity contribution in [1.82, 2.24) is 15.1 Å². The van der Waals surface area contributed by atoms with Crippen molar-refractivity contribution in [2.75, 3.05) is 11.8 Å². The fraction of sp³-hybridized carbons (Fsp3) is 0.250. The molecular weight excluding hydrogens is 283 g/mol. The average molecular weight is 298 g/mol. The van der Waals surface area contributed by atoms with Gasteiger partial charge >= 0.3 is 0 Å². The maximum atomic E-state index is 13.7. The van der Waals surface area contributed by atoms with E-state index in [1.54, 1.807) is 20.3 Å². The third-order valence-corrected chi connectivity index (χ3v) is 3.99. The Kier molecular flexibility index (Phi) is 4.05. The highest BCUT2D eigenvalue weighted by atomic mass is 32.2. The van der Waals surface area contributed by atoms with Gasteiger partial charge in [-0.3, -0.25) is 9.40 Å². The topological polar surface area (TPSA) is 76.0 Å². The number of benzene rings is 1. The summed E-state index contributed by atoms with van der Waals surface area (Å²) < 4.78 is 41.8. The Morgan fingerprint density at radius 3 is 2.70 bits per heavy atom. The highest BCUT2D eigenvalue weighted by Gasteiger charge is 2.20. The molecule has 20 heavy (non-hydrogen) atoms. The van der Waals surface area contributed by atoms with Gasteiger partial charge in [-0.25, -0.2) is 12.8 Å². The Morgan fingerprint density at radius 2 is 2.10 bits per heavy atom. The molecule has 0 bridgehead atoms. The largest absolute Gasteiger partial charge is 0.316 e. The number of anilines is 1. The molecule has 0 aliphatic rings. The van der Waals surface area contributed by atoms with Crippen LogP contribution in [-0.2, 0) is 23.6 Å². The monoisotopic (exact) mass is 298 g/mol. The van der Waals surface area contributed by atoms with E-state index in [2.05, 4.69) is 15.1 Å². The number of sulfonamides is 1. The average Bonchev–Trinajstić information content (AvgIpc) is 2.76. The lowest BCUT2D eigenvalue weighted by molar-refractivity contribution is 0.568. The number of hydrogen-bond acceptors (Lipinski definition) is 4. The Hall–Kier alpha value is -1.93. The Bertz CT molecular complexity index is 712. The minimum Gasteiger partial charge on any atom is -0.316 e. The first-order chi connectivity index (χ1) is 9.42. The summed E-state index contributed by atoms with van der Waals surface area (Å²) >= 11 is 0. The van der Waals surface area contributed by atoms with Crippen molar-refractivity contribution >= 4 is 15.8 Å². The van der Waals surface area contributed by atoms with Crippen LogP contribution in [0.25, 0.3) is 0 Å². The van der Waals surface area contributed by atoms with E-state index in [9.17, 15) is 12.8 Å². The first-order valence-electron chi connectivity index (χ1n) is 5.88. The maximum absolute atomic E-state index is 13.7. The highest BCUT2D eigenvalue weighted by Crippen LogP contribution is 2.19. The summed E-state index contributed by atoms with van der Waals surface area (Å²) in [4.78, 5) is -0.393. The predicted octanol–water partition coefficient (Wildman–Crippen LogP) is 1.08. The van der Waals surface area contributed by atoms with E-state index in [4.69, 9.17) is 0 Å². The summed E-state index contributed by atoms with van der Waals surface area (Å²) in [7, 11) is -0.616. The molecule has 0 saturated heterocycles. The quantitative estimate of drug-likeness (QED) is 0.866. The second kappa shape index (κ2) is 5.59. The fourth-order valence-electron chi connectivity index (χ4n) is 1.73. The molecule has 0 fully saturated rings. The van der Waals surface area contributed by atoms with Gasteiger partial charge in [-0.1, -0.05) is 6.07 Å². The SMILES string of the molecule is CNCc1ccc(F)c(S(=O)(=O)Nc2ccn(C)n2)c1. The summed E-state index contributed by atoms with van der Waals surface area (Å²) in [5.41, 5.74) is 0.676. The van der Waals surface area contributed by atoms with Gasteiger partial charge in [0.2, 0.25) is 0 Å². The van der Waals surface area contributed by atoms with Crippen LogP contribution in [0.15, 0.2) is 35.4 Å². The zero-order valence-corrected chi connectivity index (χ0v) is 11.9. The molecule has 2 N–H and O–H groups in total. The molecule has 2 aromatic rings. The maximum Gasteiger partial charge on any atom is 0.266 e. The second-order valence-corrected chi connectivity index (χ2v) is 5.93. The van der Waals surface area contributed by atoms with E-state index in [-0.39, 0.29) is 5.82 Å². The van der Waals surface area contributed by atoms with Crippen molar-refractivity contribution in [2.45, 2.75) is 11.4 Å². The van der Waals surface area contributed by atoms with E-state index in [1.807, 2.05) is 0 Å². The summed E-state index contributed by atoms with van der Waals surface area (Å²) in [5.74, 6) is -0.654. The molecule has 0 aliphatic heterocycles. The Labute approximate surface area is 116 Å². The van der Waals surface area contributed by atoms with Crippen molar-refractivity contribution in [3.63, 3.8) is 0 Å². The zero-order chi connectivity index (χ0) is 14.8. The van der Waals surface area contributed by atoms with Crippen molar-refractivity contribution in [2.24, 2.45) is 7.05 Å². The van der Waals surface area contributed by atoms with Gasteiger partial charge in [-0.05, 0) is 24.7 Å². The van der Waals surface area contributed by atoms with Crippen LogP contribution in [0, 0.1) is 5.82 Å². The molecule has 0 unspecified atom stereocenters. The van der Waals surface area contributed by atoms with Gasteiger partial charge in [0, 0.05) is 25.9 Å². The van der Waals surface area contributed by atoms with Crippen LogP contribution in [-0.4, -0.2) is 25.2 Å². The summed E-state index contributed by atoms with van der Waals surface area (Å²) in [6.45, 7) is 0.451. The number of halogens is 1. The normalized spacial score (nSPS) is 11.6. The number of hydrogen-bond donors (Lipinski definition) is 2. The van der Waals surface area contributed by atoms with Crippen LogP contribution < -0.4 is 10.0 Å². The molecule has 8 heteroatoms. The molecule has 1 aromatic heterocycles. The third-order valence-electron chi connectivity index (χ3n) is 2.62. The van der Waals surface area contributed by atoms with Crippen LogP contribution >= 0.6 is 0 Å². The van der Waals surface area contributed by atoms with Gasteiger partial charge in [-0.2, -0.15) is 5.10 Å². The molecule has 108 valence electrons. The molecule has 1 aromatic carbocycles. The van der Waals surface area contributed by atoms with Crippen LogP contribution in [0.5, 0.6) is 0 Å². The number of nitrogens with one attached hydrogen (secondary N) is 2. The lowest BCUT2D eigenvalue weighted by atomic mass is 10.2. The summed E-state index contributed by atoms with van der Waals surface area (Å²) in [6.07, 6.45) is 1.59. The van der Waals surface area contributed by atoms with E-state index in [0.29, 0.717) is 12.1 Å². The third kappa shape index (κ3) is 3.14. The Balaban J connectivity index is 2.35. The number of rotatable bonds is 5. The summed E-state index contributed by atoms with van der Waals surface area (Å²) in [6, 6.07) is 5.47. The van der Waals surface area contributed by atoms with Crippen molar-refractivity contribution in [3.05, 3.63) is 41.8 Å². The van der Waals surface area contributed by atoms with E-state index in [1.165, 1.54) is 22.9 Å². The number of aromatic nitrogens is 2. The number of aryl methyl sites for hydroxylation is 1. The molecule has 0 saturated carbocycles. The van der Waals surface area contributed by atoms with E-state index >= 15 is 0 Å². The second-order valence-electron chi connectivity index (χ2n) is 4.28. The van der Waals surface area contributed by atoms with Gasteiger partial charge in [0.1, 0.15) is 10.7 Å². The first kappa shape index (κ1) is 14.5. The van der Waals surface area contributed by atoms with Gasteiger partial charge in [-0.15, -0.1) is 0 Å². The smallest absolute Gasteiger partial charge is 0.266 e. The first-order valence-corrected chi connectivity index (χ1v) is 7.36. The minimum atomic E-state index is -4.00. The van der Waals surface area contributed by atoms with E-state index in [0.717, 1.165) is 6.07 Å². The molecule has 0 radical (unpaired) electrons. The van der Waals surface area contributed by atoms with Gasteiger partial charge in [0.05, 0.1) is 0 Å². The van der Waals surface area contributed by atoms with Gasteiger partial charge in [0.15, 0.2) is 5.82 Å². The fourth-order valence-corrected chi connectivity index (χ4v) is 2.86. The van der Waals surface area contributed by atoms with Crippen LogP contribution in [0.4, 0.5) is 10.2 Å². The van der Waals surface area contributed by atoms with Gasteiger partial charge < -0.3 is 5.32 Å². The zero-order valence-electron chi connectivity index (χ0n) is 11.1. The lowest BCUT2D eigenvalue weighted by Crippen LogP contribution is -2.16. The molecule has 0 spiro atoms. The molecule has 0 aliphatic carbocycles. The molecule has 1 heterocycles. The molecule has 2 rings (SSSR count). The number of nitrogens with zero attached hydrogens (tertiary/aromatic N) is 2. The van der Waals surface area contributed by atoms with Crippen molar-refractivity contribution < 1.29 is 12.8 Å². The van der Waals surface area contributed by atoms with Crippen molar-refractivity contribution in [3.8, 4) is 0 Å². The molecular formula is C12H15FN4O2S. The van der Waals surface area contributed by atoms with Crippen LogP contribution in [0.2, 0.25) is 0 Å². The minimum absolute atomic E-state index is 0.144. The molecule has 6 nitrogen and oxygen atoms in total. The standard InChI is InChI=1S/C12H15FN4O2S/c1-14-8-9-3-4-10(13)11(7-9)20(18,19)16-12-5-6-17(2)15-12/h3-7,14H,8H2,1-2H3,(H,15,16). The molecule has 0 atom stereocenters. The molecule has 0 amide bonds. The van der Waals surface area contributed by atoms with Crippen LogP contribution in [0.3, 0.4) is 0 Å². The van der Waals surface area contributed by atoms with Gasteiger partial charge in [0.25, 0.3) is 10.0 Å². The summed E-state index contributed by atoms with van der Waals surface area (Å²) in [5, 5.41) is 6.78. The Morgan fingerprint density at radius 1 is 1.35 bits per heavy atom. The van der Waals surface area contributed by atoms with Crippen LogP contribution in [0.1, 0.15) is 5.56 Å².